The fraction of sp³-hybridized carbons (Fsp3) is 0.176. The summed E-state index contributed by atoms with van der Waals surface area (Å²) in [5.74, 6) is -0.366. The first-order valence-corrected chi connectivity index (χ1v) is 9.27. The van der Waals surface area contributed by atoms with Gasteiger partial charge in [-0.3, -0.25) is 10.1 Å². The van der Waals surface area contributed by atoms with Crippen LogP contribution in [-0.2, 0) is 4.79 Å². The number of hydrogen-bond donors (Lipinski definition) is 2. The van der Waals surface area contributed by atoms with E-state index in [1.54, 1.807) is 18.3 Å². The fourth-order valence-electron chi connectivity index (χ4n) is 2.17. The first-order valence-electron chi connectivity index (χ1n) is 7.57. The molecule has 0 saturated heterocycles. The van der Waals surface area contributed by atoms with Crippen molar-refractivity contribution in [3.05, 3.63) is 42.7 Å². The molecule has 1 atom stereocenters. The van der Waals surface area contributed by atoms with Gasteiger partial charge in [0, 0.05) is 17.3 Å². The molecule has 0 aliphatic rings. The highest BCUT2D eigenvalue weighted by atomic mass is 32.2. The molecule has 2 N–H and O–H groups in total. The lowest BCUT2D eigenvalue weighted by atomic mass is 10.2. The Labute approximate surface area is 153 Å². The molecule has 0 radical (unpaired) electrons. The third-order valence-corrected chi connectivity index (χ3v) is 5.68. The number of urea groups is 1. The molecule has 0 aliphatic carbocycles. The van der Waals surface area contributed by atoms with Gasteiger partial charge in [0.1, 0.15) is 16.2 Å². The van der Waals surface area contributed by atoms with Crippen LogP contribution in [0.1, 0.15) is 6.92 Å². The van der Waals surface area contributed by atoms with E-state index in [0.29, 0.717) is 0 Å². The number of thioether (sulfide) groups is 1. The van der Waals surface area contributed by atoms with Gasteiger partial charge in [0.2, 0.25) is 5.91 Å². The number of carbonyl (C=O) groups is 2. The summed E-state index contributed by atoms with van der Waals surface area (Å²) in [4.78, 5) is 33.9. The van der Waals surface area contributed by atoms with E-state index in [1.165, 1.54) is 25.1 Å². The number of amides is 3. The number of thiophene rings is 1. The molecule has 8 heteroatoms. The molecule has 0 fully saturated rings. The zero-order valence-corrected chi connectivity index (χ0v) is 15.3. The van der Waals surface area contributed by atoms with Crippen molar-refractivity contribution in [3.8, 4) is 10.4 Å². The van der Waals surface area contributed by atoms with E-state index in [9.17, 15) is 9.59 Å². The van der Waals surface area contributed by atoms with Gasteiger partial charge < -0.3 is 5.32 Å². The Morgan fingerprint density at radius 1 is 1.20 bits per heavy atom. The molecule has 128 valence electrons. The second kappa shape index (κ2) is 7.62. The van der Waals surface area contributed by atoms with Crippen molar-refractivity contribution in [3.63, 3.8) is 0 Å². The molecule has 3 rings (SSSR count). The SMILES string of the molecule is CNC(=O)NC(=O)C(C)Sc1ncnc2sc(-c3ccccc3)cc12. The Morgan fingerprint density at radius 2 is 1.96 bits per heavy atom. The second-order valence-corrected chi connectivity index (χ2v) is 7.56. The summed E-state index contributed by atoms with van der Waals surface area (Å²) in [7, 11) is 1.46. The molecule has 0 saturated carbocycles. The Morgan fingerprint density at radius 3 is 2.68 bits per heavy atom. The number of carbonyl (C=O) groups excluding carboxylic acids is 2. The van der Waals surface area contributed by atoms with Crippen molar-refractivity contribution in [2.75, 3.05) is 7.05 Å². The van der Waals surface area contributed by atoms with Crippen LogP contribution in [0.2, 0.25) is 0 Å². The van der Waals surface area contributed by atoms with Crippen LogP contribution in [0.25, 0.3) is 20.7 Å². The van der Waals surface area contributed by atoms with Crippen LogP contribution < -0.4 is 10.6 Å². The summed E-state index contributed by atoms with van der Waals surface area (Å²) in [6, 6.07) is 11.6. The van der Waals surface area contributed by atoms with E-state index in [4.69, 9.17) is 0 Å². The van der Waals surface area contributed by atoms with Crippen molar-refractivity contribution in [1.82, 2.24) is 20.6 Å². The van der Waals surface area contributed by atoms with Crippen LogP contribution in [-0.4, -0.2) is 34.2 Å². The summed E-state index contributed by atoms with van der Waals surface area (Å²) in [5.41, 5.74) is 1.12. The van der Waals surface area contributed by atoms with Gasteiger partial charge in [0.25, 0.3) is 0 Å². The van der Waals surface area contributed by atoms with Gasteiger partial charge in [-0.1, -0.05) is 42.1 Å². The molecular weight excluding hydrogens is 356 g/mol. The summed E-state index contributed by atoms with van der Waals surface area (Å²) in [6.07, 6.45) is 1.50. The highest BCUT2D eigenvalue weighted by molar-refractivity contribution is 8.00. The predicted octanol–water partition coefficient (Wildman–Crippen LogP) is 3.29. The van der Waals surface area contributed by atoms with E-state index in [2.05, 4.69) is 20.6 Å². The van der Waals surface area contributed by atoms with Crippen LogP contribution in [0, 0.1) is 0 Å². The van der Waals surface area contributed by atoms with Crippen molar-refractivity contribution in [2.24, 2.45) is 0 Å². The predicted molar refractivity (Wildman–Crippen MR) is 101 cm³/mol. The number of hydrogen-bond acceptors (Lipinski definition) is 6. The molecule has 0 bridgehead atoms. The van der Waals surface area contributed by atoms with Crippen molar-refractivity contribution in [2.45, 2.75) is 17.2 Å². The number of nitrogens with zero attached hydrogens (tertiary/aromatic N) is 2. The van der Waals surface area contributed by atoms with E-state index in [1.807, 2.05) is 36.4 Å². The van der Waals surface area contributed by atoms with Gasteiger partial charge in [-0.2, -0.15) is 0 Å². The number of rotatable bonds is 4. The maximum absolute atomic E-state index is 12.0. The minimum Gasteiger partial charge on any atom is -0.341 e. The van der Waals surface area contributed by atoms with Crippen LogP contribution in [0.15, 0.2) is 47.8 Å². The molecule has 1 unspecified atom stereocenters. The lowest BCUT2D eigenvalue weighted by molar-refractivity contribution is -0.119. The Balaban J connectivity index is 1.86. The summed E-state index contributed by atoms with van der Waals surface area (Å²) >= 11 is 2.89. The average Bonchev–Trinajstić information content (AvgIpc) is 3.07. The van der Waals surface area contributed by atoms with Crippen LogP contribution in [0.5, 0.6) is 0 Å². The largest absolute Gasteiger partial charge is 0.341 e. The zero-order chi connectivity index (χ0) is 17.8. The minimum atomic E-state index is -0.521. The number of benzene rings is 1. The fourth-order valence-corrected chi connectivity index (χ4v) is 4.13. The Bertz CT molecular complexity index is 911. The minimum absolute atomic E-state index is 0.366. The number of fused-ring (bicyclic) bond motifs is 1. The van der Waals surface area contributed by atoms with Crippen molar-refractivity contribution < 1.29 is 9.59 Å². The summed E-state index contributed by atoms with van der Waals surface area (Å²) in [6.45, 7) is 1.74. The average molecular weight is 372 g/mol. The number of imide groups is 1. The summed E-state index contributed by atoms with van der Waals surface area (Å²) in [5, 5.41) is 5.82. The Hall–Kier alpha value is -2.45. The van der Waals surface area contributed by atoms with Gasteiger partial charge in [-0.25, -0.2) is 14.8 Å². The molecular formula is C17H16N4O2S2. The highest BCUT2D eigenvalue weighted by Crippen LogP contribution is 2.37. The van der Waals surface area contributed by atoms with Gasteiger partial charge >= 0.3 is 6.03 Å². The molecule has 1 aromatic carbocycles. The topological polar surface area (TPSA) is 84.0 Å². The lowest BCUT2D eigenvalue weighted by Crippen LogP contribution is -2.41. The van der Waals surface area contributed by atoms with Gasteiger partial charge in [-0.05, 0) is 18.6 Å². The Kier molecular flexibility index (Phi) is 5.30. The molecule has 6 nitrogen and oxygen atoms in total. The molecule has 0 spiro atoms. The monoisotopic (exact) mass is 372 g/mol. The third kappa shape index (κ3) is 3.97. The second-order valence-electron chi connectivity index (χ2n) is 5.20. The molecule has 0 aliphatic heterocycles. The van der Waals surface area contributed by atoms with Gasteiger partial charge in [0.15, 0.2) is 0 Å². The summed E-state index contributed by atoms with van der Waals surface area (Å²) < 4.78 is 0. The molecule has 3 aromatic rings. The van der Waals surface area contributed by atoms with Crippen LogP contribution in [0.4, 0.5) is 4.79 Å². The zero-order valence-electron chi connectivity index (χ0n) is 13.6. The van der Waals surface area contributed by atoms with E-state index < -0.39 is 11.3 Å². The van der Waals surface area contributed by atoms with Crippen LogP contribution >= 0.6 is 23.1 Å². The quantitative estimate of drug-likeness (QED) is 0.542. The first kappa shape index (κ1) is 17.4. The number of nitrogens with one attached hydrogen (secondary N) is 2. The molecule has 25 heavy (non-hydrogen) atoms. The lowest BCUT2D eigenvalue weighted by Gasteiger charge is -2.10. The van der Waals surface area contributed by atoms with Gasteiger partial charge in [0.05, 0.1) is 5.25 Å². The maximum Gasteiger partial charge on any atom is 0.321 e. The molecule has 2 aromatic heterocycles. The maximum atomic E-state index is 12.0. The van der Waals surface area contributed by atoms with E-state index in [0.717, 1.165) is 25.7 Å². The molecule has 2 heterocycles. The van der Waals surface area contributed by atoms with Crippen molar-refractivity contribution >= 4 is 45.3 Å². The van der Waals surface area contributed by atoms with Crippen LogP contribution in [0.3, 0.4) is 0 Å². The third-order valence-electron chi connectivity index (χ3n) is 3.47. The molecule has 3 amide bonds. The van der Waals surface area contributed by atoms with Crippen molar-refractivity contribution in [1.29, 1.82) is 0 Å². The normalized spacial score (nSPS) is 11.9. The number of aromatic nitrogens is 2. The van der Waals surface area contributed by atoms with Gasteiger partial charge in [-0.15, -0.1) is 11.3 Å². The smallest absolute Gasteiger partial charge is 0.321 e. The standard InChI is InChI=1S/C17H16N4O2S2/c1-10(14(22)21-17(23)18-2)24-15-12-8-13(11-6-4-3-5-7-11)25-16(12)20-9-19-15/h3-10H,1-2H3,(H2,18,21,22,23). The van der Waals surface area contributed by atoms with E-state index >= 15 is 0 Å². The first-order chi connectivity index (χ1) is 12.1. The van der Waals surface area contributed by atoms with E-state index in [-0.39, 0.29) is 5.91 Å². The highest BCUT2D eigenvalue weighted by Gasteiger charge is 2.19.